The second-order valence-corrected chi connectivity index (χ2v) is 7.11. The van der Waals surface area contributed by atoms with E-state index in [1.807, 2.05) is 6.07 Å². The zero-order valence-corrected chi connectivity index (χ0v) is 16.3. The van der Waals surface area contributed by atoms with Crippen LogP contribution < -0.4 is 9.47 Å². The lowest BCUT2D eigenvalue weighted by Crippen LogP contribution is -2.29. The molecule has 0 spiro atoms. The number of aliphatic hydroxyl groups is 1. The van der Waals surface area contributed by atoms with Gasteiger partial charge in [0.15, 0.2) is 11.5 Å². The van der Waals surface area contributed by atoms with Gasteiger partial charge in [0, 0.05) is 30.7 Å². The first-order valence-electron chi connectivity index (χ1n) is 9.62. The highest BCUT2D eigenvalue weighted by atomic mass is 16.7. The normalized spacial score (nSPS) is 19.1. The second-order valence-electron chi connectivity index (χ2n) is 7.11. The number of benzene rings is 1. The number of aromatic nitrogens is 2. The minimum atomic E-state index is -0.841. The molecule has 2 aromatic heterocycles. The van der Waals surface area contributed by atoms with E-state index < -0.39 is 17.7 Å². The largest absolute Gasteiger partial charge is 0.507 e. The summed E-state index contributed by atoms with van der Waals surface area (Å²) in [5.74, 6) is -0.754. The summed E-state index contributed by atoms with van der Waals surface area (Å²) in [6.07, 6.45) is 4.85. The lowest BCUT2D eigenvalue weighted by atomic mass is 9.98. The van der Waals surface area contributed by atoms with Gasteiger partial charge < -0.3 is 19.5 Å². The Morgan fingerprint density at radius 3 is 2.71 bits per heavy atom. The molecule has 1 atom stereocenters. The first kappa shape index (κ1) is 18.8. The first-order chi connectivity index (χ1) is 15.1. The van der Waals surface area contributed by atoms with Crippen molar-refractivity contribution in [2.75, 3.05) is 6.79 Å². The number of nitrogens with zero attached hydrogens (tertiary/aromatic N) is 3. The lowest BCUT2D eigenvalue weighted by molar-refractivity contribution is -0.140. The molecule has 0 saturated carbocycles. The van der Waals surface area contributed by atoms with Gasteiger partial charge in [-0.15, -0.1) is 0 Å². The molecular formula is C23H17N3O5. The number of likely N-dealkylation sites (tertiary alicyclic amines) is 1. The van der Waals surface area contributed by atoms with Gasteiger partial charge in [0.2, 0.25) is 6.79 Å². The van der Waals surface area contributed by atoms with E-state index in [1.165, 1.54) is 4.90 Å². The van der Waals surface area contributed by atoms with Crippen LogP contribution in [0.4, 0.5) is 0 Å². The maximum absolute atomic E-state index is 13.0. The molecule has 1 saturated heterocycles. The molecule has 0 bridgehead atoms. The second kappa shape index (κ2) is 7.56. The Bertz CT molecular complexity index is 1190. The summed E-state index contributed by atoms with van der Waals surface area (Å²) in [7, 11) is 0. The van der Waals surface area contributed by atoms with Crippen molar-refractivity contribution in [3.8, 4) is 11.5 Å². The van der Waals surface area contributed by atoms with E-state index in [2.05, 4.69) is 9.97 Å². The maximum Gasteiger partial charge on any atom is 0.296 e. The van der Waals surface area contributed by atoms with Gasteiger partial charge >= 0.3 is 0 Å². The van der Waals surface area contributed by atoms with Crippen LogP contribution in [0.2, 0.25) is 0 Å². The summed E-state index contributed by atoms with van der Waals surface area (Å²) in [4.78, 5) is 35.8. The number of fused-ring (bicyclic) bond motifs is 1. The van der Waals surface area contributed by atoms with Crippen molar-refractivity contribution >= 4 is 17.4 Å². The number of pyridine rings is 2. The number of hydrogen-bond donors (Lipinski definition) is 1. The van der Waals surface area contributed by atoms with Crippen LogP contribution in [0.25, 0.3) is 5.76 Å². The van der Waals surface area contributed by atoms with Gasteiger partial charge in [0.25, 0.3) is 11.7 Å². The maximum atomic E-state index is 13.0. The van der Waals surface area contributed by atoms with Crippen molar-refractivity contribution in [3.63, 3.8) is 0 Å². The van der Waals surface area contributed by atoms with Crippen molar-refractivity contribution in [1.29, 1.82) is 0 Å². The predicted octanol–water partition coefficient (Wildman–Crippen LogP) is 2.83. The van der Waals surface area contributed by atoms with Gasteiger partial charge in [0.1, 0.15) is 11.8 Å². The Balaban J connectivity index is 1.63. The number of carbonyl (C=O) groups is 2. The monoisotopic (exact) mass is 415 g/mol. The zero-order chi connectivity index (χ0) is 21.4. The Kier molecular flexibility index (Phi) is 4.59. The fourth-order valence-electron chi connectivity index (χ4n) is 3.78. The first-order valence-corrected chi connectivity index (χ1v) is 9.62. The number of amides is 1. The van der Waals surface area contributed by atoms with Crippen molar-refractivity contribution < 1.29 is 24.2 Å². The molecule has 8 heteroatoms. The third-order valence-electron chi connectivity index (χ3n) is 5.23. The smallest absolute Gasteiger partial charge is 0.296 e. The number of ether oxygens (including phenoxy) is 2. The van der Waals surface area contributed by atoms with E-state index in [1.54, 1.807) is 61.1 Å². The topological polar surface area (TPSA) is 102 Å². The number of rotatable bonds is 4. The fraction of sp³-hybridized carbons (Fsp3) is 0.130. The number of hydrogen-bond acceptors (Lipinski definition) is 7. The van der Waals surface area contributed by atoms with Crippen molar-refractivity contribution in [1.82, 2.24) is 14.9 Å². The van der Waals surface area contributed by atoms with Crippen LogP contribution in [-0.2, 0) is 16.1 Å². The minimum absolute atomic E-state index is 0.0218. The van der Waals surface area contributed by atoms with Crippen molar-refractivity contribution in [2.24, 2.45) is 0 Å². The standard InChI is InChI=1S/C23H17N3O5/c27-21(15-6-7-17-18(10-15)31-13-30-17)19-20(16-5-1-2-9-25-16)26(23(29)22(19)28)12-14-4-3-8-24-11-14/h1-11,20,27H,12-13H2/t20-/m1/s1. The molecule has 1 N–H and O–H groups in total. The number of Topliss-reactive ketones (excluding diaryl/α,β-unsaturated/α-hetero) is 1. The molecule has 0 radical (unpaired) electrons. The number of aliphatic hydroxyl groups excluding tert-OH is 1. The summed E-state index contributed by atoms with van der Waals surface area (Å²) < 4.78 is 10.7. The van der Waals surface area contributed by atoms with E-state index in [9.17, 15) is 14.7 Å². The van der Waals surface area contributed by atoms with E-state index in [0.717, 1.165) is 5.56 Å². The van der Waals surface area contributed by atoms with E-state index >= 15 is 0 Å². The highest BCUT2D eigenvalue weighted by Crippen LogP contribution is 2.41. The summed E-state index contributed by atoms with van der Waals surface area (Å²) in [6, 6.07) is 12.8. The van der Waals surface area contributed by atoms with Crippen LogP contribution in [0.15, 0.2) is 72.7 Å². The summed E-state index contributed by atoms with van der Waals surface area (Å²) in [5, 5.41) is 11.1. The van der Waals surface area contributed by atoms with Crippen LogP contribution in [0.3, 0.4) is 0 Å². The summed E-state index contributed by atoms with van der Waals surface area (Å²) in [6.45, 7) is 0.237. The predicted molar refractivity (Wildman–Crippen MR) is 109 cm³/mol. The van der Waals surface area contributed by atoms with Gasteiger partial charge in [-0.05, 0) is 42.0 Å². The van der Waals surface area contributed by atoms with Gasteiger partial charge in [-0.25, -0.2) is 0 Å². The van der Waals surface area contributed by atoms with Crippen LogP contribution in [0, 0.1) is 0 Å². The van der Waals surface area contributed by atoms with Gasteiger partial charge in [-0.3, -0.25) is 19.6 Å². The minimum Gasteiger partial charge on any atom is -0.507 e. The molecule has 4 heterocycles. The van der Waals surface area contributed by atoms with E-state index in [-0.39, 0.29) is 24.7 Å². The Morgan fingerprint density at radius 2 is 1.94 bits per heavy atom. The molecule has 2 aliphatic heterocycles. The lowest BCUT2D eigenvalue weighted by Gasteiger charge is -2.24. The van der Waals surface area contributed by atoms with Gasteiger partial charge in [0.05, 0.1) is 11.3 Å². The van der Waals surface area contributed by atoms with Crippen LogP contribution in [0.5, 0.6) is 11.5 Å². The molecule has 154 valence electrons. The molecule has 31 heavy (non-hydrogen) atoms. The van der Waals surface area contributed by atoms with Gasteiger partial charge in [-0.2, -0.15) is 0 Å². The summed E-state index contributed by atoms with van der Waals surface area (Å²) in [5.41, 5.74) is 1.57. The zero-order valence-electron chi connectivity index (χ0n) is 16.3. The van der Waals surface area contributed by atoms with Crippen molar-refractivity contribution in [3.05, 3.63) is 89.5 Å². The highest BCUT2D eigenvalue weighted by Gasteiger charge is 2.46. The molecule has 5 rings (SSSR count). The third kappa shape index (κ3) is 3.28. The van der Waals surface area contributed by atoms with E-state index in [0.29, 0.717) is 22.8 Å². The SMILES string of the molecule is O=C1C(=O)N(Cc2cccnc2)[C@H](c2ccccn2)C1=C(O)c1ccc2c(c1)OCO2. The quantitative estimate of drug-likeness (QED) is 0.397. The Morgan fingerprint density at radius 1 is 1.06 bits per heavy atom. The number of carbonyl (C=O) groups excluding carboxylic acids is 2. The molecule has 1 fully saturated rings. The molecule has 3 aromatic rings. The van der Waals surface area contributed by atoms with Crippen LogP contribution in [-0.4, -0.2) is 38.5 Å². The van der Waals surface area contributed by atoms with E-state index in [4.69, 9.17) is 9.47 Å². The molecule has 2 aliphatic rings. The average Bonchev–Trinajstić information content (AvgIpc) is 3.38. The highest BCUT2D eigenvalue weighted by molar-refractivity contribution is 6.46. The van der Waals surface area contributed by atoms with Gasteiger partial charge in [-0.1, -0.05) is 12.1 Å². The molecule has 1 amide bonds. The average molecular weight is 415 g/mol. The third-order valence-corrected chi connectivity index (χ3v) is 5.23. The molecule has 0 aliphatic carbocycles. The molecule has 0 unspecified atom stereocenters. The molecule has 8 nitrogen and oxygen atoms in total. The van der Waals surface area contributed by atoms with Crippen LogP contribution >= 0.6 is 0 Å². The fourth-order valence-corrected chi connectivity index (χ4v) is 3.78. The number of ketones is 1. The Hall–Kier alpha value is -4.20. The Labute approximate surface area is 177 Å². The van der Waals surface area contributed by atoms with Crippen molar-refractivity contribution in [2.45, 2.75) is 12.6 Å². The molecule has 1 aromatic carbocycles. The van der Waals surface area contributed by atoms with Crippen LogP contribution in [0.1, 0.15) is 22.9 Å². The summed E-state index contributed by atoms with van der Waals surface area (Å²) >= 11 is 0. The molecular weight excluding hydrogens is 398 g/mol.